The van der Waals surface area contributed by atoms with Gasteiger partial charge in [0.15, 0.2) is 6.10 Å². The monoisotopic (exact) mass is 224 g/mol. The van der Waals surface area contributed by atoms with Crippen LogP contribution in [0, 0.1) is 0 Å². The molecule has 0 aliphatic carbocycles. The fourth-order valence-corrected chi connectivity index (χ4v) is 0.878. The Hall–Kier alpha value is -1.57. The minimum absolute atomic E-state index is 0.569. The summed E-state index contributed by atoms with van der Waals surface area (Å²) < 4.78 is 36.3. The molecule has 0 saturated carbocycles. The van der Waals surface area contributed by atoms with Gasteiger partial charge >= 0.3 is 11.9 Å². The molecular weight excluding hydrogens is 217 g/mol. The number of hydrogen-bond donors (Lipinski definition) is 2. The second-order valence-electron chi connectivity index (χ2n) is 2.82. The predicted molar refractivity (Wildman–Crippen MR) is 43.4 cm³/mol. The number of alkyl halides is 3. The van der Waals surface area contributed by atoms with Crippen molar-refractivity contribution in [3.05, 3.63) is 33.1 Å². The van der Waals surface area contributed by atoms with Crippen molar-refractivity contribution in [2.24, 2.45) is 0 Å². The number of halogens is 3. The second-order valence-corrected chi connectivity index (χ2v) is 2.82. The van der Waals surface area contributed by atoms with E-state index in [9.17, 15) is 22.8 Å². The number of aromatic nitrogens is 2. The molecule has 0 aromatic carbocycles. The van der Waals surface area contributed by atoms with Crippen molar-refractivity contribution in [3.8, 4) is 0 Å². The van der Waals surface area contributed by atoms with Gasteiger partial charge in [0.1, 0.15) is 0 Å². The molecule has 2 N–H and O–H groups in total. The number of rotatable bonds is 2. The highest BCUT2D eigenvalue weighted by atomic mass is 19.4. The molecule has 0 aliphatic rings. The molecule has 0 saturated heterocycles. The van der Waals surface area contributed by atoms with E-state index in [1.165, 1.54) is 0 Å². The molecule has 5 nitrogen and oxygen atoms in total. The van der Waals surface area contributed by atoms with Crippen molar-refractivity contribution in [1.29, 1.82) is 0 Å². The van der Waals surface area contributed by atoms with E-state index >= 15 is 0 Å². The Labute approximate surface area is 80.8 Å². The van der Waals surface area contributed by atoms with Gasteiger partial charge in [-0.3, -0.25) is 14.3 Å². The van der Waals surface area contributed by atoms with Gasteiger partial charge in [0.25, 0.3) is 5.56 Å². The standard InChI is InChI=1S/C7H7F3N2O3/c8-7(9,10)4(13)3-12-2-1-5(14)11-6(12)15/h1-2,4,13H,3H2,(H,11,14,15). The summed E-state index contributed by atoms with van der Waals surface area (Å²) in [6, 6.07) is 0.893. The molecule has 0 radical (unpaired) electrons. The first-order valence-corrected chi connectivity index (χ1v) is 3.85. The quantitative estimate of drug-likeness (QED) is 0.708. The SMILES string of the molecule is O=c1ccn(CC(O)C(F)(F)F)c(=O)[nH]1. The lowest BCUT2D eigenvalue weighted by Crippen LogP contribution is -2.38. The number of hydrogen-bond acceptors (Lipinski definition) is 3. The molecule has 1 aromatic rings. The highest BCUT2D eigenvalue weighted by molar-refractivity contribution is 4.83. The number of nitrogens with zero attached hydrogens (tertiary/aromatic N) is 1. The zero-order valence-corrected chi connectivity index (χ0v) is 7.28. The Balaban J connectivity index is 2.91. The van der Waals surface area contributed by atoms with Crippen molar-refractivity contribution < 1.29 is 18.3 Å². The summed E-state index contributed by atoms with van der Waals surface area (Å²) in [6.07, 6.45) is -6.55. The van der Waals surface area contributed by atoms with Crippen LogP contribution < -0.4 is 11.2 Å². The van der Waals surface area contributed by atoms with Crippen molar-refractivity contribution >= 4 is 0 Å². The summed E-state index contributed by atoms with van der Waals surface area (Å²) in [5.41, 5.74) is -1.71. The minimum atomic E-state index is -4.80. The number of aliphatic hydroxyl groups excluding tert-OH is 1. The van der Waals surface area contributed by atoms with Gasteiger partial charge in [-0.2, -0.15) is 13.2 Å². The summed E-state index contributed by atoms with van der Waals surface area (Å²) in [5, 5.41) is 8.66. The van der Waals surface area contributed by atoms with Gasteiger partial charge in [-0.1, -0.05) is 0 Å². The van der Waals surface area contributed by atoms with Crippen LogP contribution in [0.4, 0.5) is 13.2 Å². The zero-order chi connectivity index (χ0) is 11.6. The van der Waals surface area contributed by atoms with Crippen molar-refractivity contribution in [2.75, 3.05) is 0 Å². The molecular formula is C7H7F3N2O3. The topological polar surface area (TPSA) is 75.1 Å². The molecule has 1 rings (SSSR count). The molecule has 1 atom stereocenters. The van der Waals surface area contributed by atoms with Crippen molar-refractivity contribution in [2.45, 2.75) is 18.8 Å². The predicted octanol–water partition coefficient (Wildman–Crippen LogP) is -0.540. The maximum atomic E-state index is 11.9. The molecule has 84 valence electrons. The summed E-state index contributed by atoms with van der Waals surface area (Å²) in [6.45, 7) is -0.945. The highest BCUT2D eigenvalue weighted by Gasteiger charge is 2.38. The van der Waals surface area contributed by atoms with E-state index in [0.717, 1.165) is 12.3 Å². The van der Waals surface area contributed by atoms with E-state index in [0.29, 0.717) is 4.57 Å². The van der Waals surface area contributed by atoms with E-state index < -0.39 is 30.1 Å². The van der Waals surface area contributed by atoms with Crippen molar-refractivity contribution in [1.82, 2.24) is 9.55 Å². The lowest BCUT2D eigenvalue weighted by Gasteiger charge is -2.14. The Kier molecular flexibility index (Phi) is 2.98. The Morgan fingerprint density at radius 1 is 1.47 bits per heavy atom. The van der Waals surface area contributed by atoms with Gasteiger partial charge in [-0.15, -0.1) is 0 Å². The van der Waals surface area contributed by atoms with Gasteiger partial charge in [-0.25, -0.2) is 4.79 Å². The van der Waals surface area contributed by atoms with Crippen LogP contribution in [0.1, 0.15) is 0 Å². The molecule has 0 amide bonds. The summed E-state index contributed by atoms with van der Waals surface area (Å²) >= 11 is 0. The zero-order valence-electron chi connectivity index (χ0n) is 7.28. The van der Waals surface area contributed by atoms with Gasteiger partial charge < -0.3 is 5.11 Å². The third kappa shape index (κ3) is 2.94. The second kappa shape index (κ2) is 3.89. The Morgan fingerprint density at radius 2 is 2.07 bits per heavy atom. The van der Waals surface area contributed by atoms with Gasteiger partial charge in [0, 0.05) is 12.3 Å². The Bertz CT molecular complexity index is 448. The molecule has 1 aromatic heterocycles. The third-order valence-corrected chi connectivity index (χ3v) is 1.64. The average Bonchev–Trinajstić information content (AvgIpc) is 2.08. The molecule has 0 fully saturated rings. The Morgan fingerprint density at radius 3 is 2.53 bits per heavy atom. The third-order valence-electron chi connectivity index (χ3n) is 1.64. The number of aromatic amines is 1. The van der Waals surface area contributed by atoms with Gasteiger partial charge in [0.05, 0.1) is 6.54 Å². The highest BCUT2D eigenvalue weighted by Crippen LogP contribution is 2.20. The van der Waals surface area contributed by atoms with Crippen molar-refractivity contribution in [3.63, 3.8) is 0 Å². The first-order chi connectivity index (χ1) is 6.80. The maximum absolute atomic E-state index is 11.9. The van der Waals surface area contributed by atoms with E-state index in [1.807, 2.05) is 0 Å². The molecule has 0 spiro atoms. The molecule has 1 heterocycles. The summed E-state index contributed by atoms with van der Waals surface area (Å²) in [7, 11) is 0. The fourth-order valence-electron chi connectivity index (χ4n) is 0.878. The van der Waals surface area contributed by atoms with Gasteiger partial charge in [-0.05, 0) is 0 Å². The van der Waals surface area contributed by atoms with Crippen LogP contribution >= 0.6 is 0 Å². The van der Waals surface area contributed by atoms with E-state index in [2.05, 4.69) is 0 Å². The van der Waals surface area contributed by atoms with Crippen LogP contribution in [0.15, 0.2) is 21.9 Å². The summed E-state index contributed by atoms with van der Waals surface area (Å²) in [4.78, 5) is 23.3. The first kappa shape index (κ1) is 11.5. The van der Waals surface area contributed by atoms with E-state index in [-0.39, 0.29) is 0 Å². The smallest absolute Gasteiger partial charge is 0.382 e. The lowest BCUT2D eigenvalue weighted by atomic mass is 10.3. The number of H-pyrrole nitrogens is 1. The van der Waals surface area contributed by atoms with Crippen LogP contribution in [-0.4, -0.2) is 26.9 Å². The molecule has 0 bridgehead atoms. The lowest BCUT2D eigenvalue weighted by molar-refractivity contribution is -0.207. The van der Waals surface area contributed by atoms with Crippen LogP contribution in [0.5, 0.6) is 0 Å². The number of aliphatic hydroxyl groups is 1. The van der Waals surface area contributed by atoms with Gasteiger partial charge in [0.2, 0.25) is 0 Å². The normalized spacial score (nSPS) is 13.9. The van der Waals surface area contributed by atoms with E-state index in [4.69, 9.17) is 5.11 Å². The van der Waals surface area contributed by atoms with Crippen LogP contribution in [0.3, 0.4) is 0 Å². The maximum Gasteiger partial charge on any atom is 0.416 e. The molecule has 8 heteroatoms. The fraction of sp³-hybridized carbons (Fsp3) is 0.429. The molecule has 15 heavy (non-hydrogen) atoms. The van der Waals surface area contributed by atoms with Crippen LogP contribution in [-0.2, 0) is 6.54 Å². The number of nitrogens with one attached hydrogen (secondary N) is 1. The van der Waals surface area contributed by atoms with Crippen LogP contribution in [0.2, 0.25) is 0 Å². The van der Waals surface area contributed by atoms with Crippen LogP contribution in [0.25, 0.3) is 0 Å². The summed E-state index contributed by atoms with van der Waals surface area (Å²) in [5.74, 6) is 0. The molecule has 0 aliphatic heterocycles. The average molecular weight is 224 g/mol. The first-order valence-electron chi connectivity index (χ1n) is 3.85. The largest absolute Gasteiger partial charge is 0.416 e. The van der Waals surface area contributed by atoms with E-state index in [1.54, 1.807) is 4.98 Å². The molecule has 1 unspecified atom stereocenters. The minimum Gasteiger partial charge on any atom is -0.382 e.